The smallest absolute Gasteiger partial charge is 0.161 e. The number of imidazole rings is 1. The number of aryl methyl sites for hydroxylation is 2. The van der Waals surface area contributed by atoms with Gasteiger partial charge in [0.1, 0.15) is 5.82 Å². The van der Waals surface area contributed by atoms with Gasteiger partial charge in [0.15, 0.2) is 5.82 Å². The average molecular weight is 284 g/mol. The molecule has 3 aromatic heterocycles. The number of rotatable bonds is 4. The average Bonchev–Trinajstić information content (AvgIpc) is 3.05. The van der Waals surface area contributed by atoms with E-state index in [0.717, 1.165) is 23.9 Å². The largest absolute Gasteiger partial charge is 0.377 e. The summed E-state index contributed by atoms with van der Waals surface area (Å²) in [7, 11) is 0. The summed E-state index contributed by atoms with van der Waals surface area (Å²) in [5.41, 5.74) is 1.01. The Hall–Kier alpha value is -2.14. The van der Waals surface area contributed by atoms with Crippen molar-refractivity contribution in [2.24, 2.45) is 0 Å². The van der Waals surface area contributed by atoms with Crippen molar-refractivity contribution in [2.45, 2.75) is 20.4 Å². The number of nitrogens with one attached hydrogen (secondary N) is 1. The van der Waals surface area contributed by atoms with Crippen LogP contribution in [-0.4, -0.2) is 14.5 Å². The summed E-state index contributed by atoms with van der Waals surface area (Å²) < 4.78 is 1.99. The van der Waals surface area contributed by atoms with Crippen LogP contribution in [0.3, 0.4) is 0 Å². The molecule has 0 aliphatic carbocycles. The molecule has 4 nitrogen and oxygen atoms in total. The molecule has 5 heteroatoms. The highest BCUT2D eigenvalue weighted by atomic mass is 32.1. The third-order valence-corrected chi connectivity index (χ3v) is 4.09. The summed E-state index contributed by atoms with van der Waals surface area (Å²) in [6, 6.07) is 8.29. The Morgan fingerprint density at radius 2 is 2.05 bits per heavy atom. The molecular weight excluding hydrogens is 268 g/mol. The molecule has 0 spiro atoms. The molecule has 3 heterocycles. The second kappa shape index (κ2) is 5.46. The van der Waals surface area contributed by atoms with Crippen LogP contribution >= 0.6 is 11.3 Å². The lowest BCUT2D eigenvalue weighted by Gasteiger charge is -2.11. The zero-order valence-electron chi connectivity index (χ0n) is 11.5. The van der Waals surface area contributed by atoms with Crippen molar-refractivity contribution in [1.29, 1.82) is 0 Å². The minimum atomic E-state index is 0.810. The highest BCUT2D eigenvalue weighted by molar-refractivity contribution is 7.11. The molecule has 0 saturated heterocycles. The van der Waals surface area contributed by atoms with E-state index in [1.807, 2.05) is 41.2 Å². The van der Waals surface area contributed by atoms with E-state index in [0.29, 0.717) is 0 Å². The Bertz CT molecular complexity index is 714. The molecular formula is C15H16N4S. The molecule has 0 aliphatic rings. The van der Waals surface area contributed by atoms with Gasteiger partial charge in [-0.25, -0.2) is 9.97 Å². The Morgan fingerprint density at radius 3 is 2.75 bits per heavy atom. The molecule has 0 aromatic carbocycles. The van der Waals surface area contributed by atoms with Gasteiger partial charge in [0.25, 0.3) is 0 Å². The maximum Gasteiger partial charge on any atom is 0.161 e. The Morgan fingerprint density at radius 1 is 1.15 bits per heavy atom. The van der Waals surface area contributed by atoms with Crippen LogP contribution in [0.5, 0.6) is 0 Å². The molecule has 0 amide bonds. The summed E-state index contributed by atoms with van der Waals surface area (Å²) in [5, 5.41) is 3.46. The molecule has 0 radical (unpaired) electrons. The normalized spacial score (nSPS) is 10.7. The maximum absolute atomic E-state index is 4.46. The molecule has 3 rings (SSSR count). The van der Waals surface area contributed by atoms with Gasteiger partial charge in [0.2, 0.25) is 0 Å². The third kappa shape index (κ3) is 2.58. The predicted molar refractivity (Wildman–Crippen MR) is 82.5 cm³/mol. The predicted octanol–water partition coefficient (Wildman–Crippen LogP) is 3.56. The number of hydrogen-bond donors (Lipinski definition) is 1. The van der Waals surface area contributed by atoms with Crippen molar-refractivity contribution >= 4 is 17.0 Å². The van der Waals surface area contributed by atoms with Crippen LogP contribution in [0.2, 0.25) is 0 Å². The lowest BCUT2D eigenvalue weighted by Crippen LogP contribution is -2.06. The third-order valence-electron chi connectivity index (χ3n) is 3.09. The quantitative estimate of drug-likeness (QED) is 0.796. The van der Waals surface area contributed by atoms with Gasteiger partial charge in [0, 0.05) is 34.9 Å². The van der Waals surface area contributed by atoms with E-state index in [1.54, 1.807) is 12.4 Å². The summed E-state index contributed by atoms with van der Waals surface area (Å²) in [4.78, 5) is 11.4. The monoisotopic (exact) mass is 284 g/mol. The van der Waals surface area contributed by atoms with E-state index in [4.69, 9.17) is 0 Å². The molecule has 20 heavy (non-hydrogen) atoms. The van der Waals surface area contributed by atoms with Crippen LogP contribution < -0.4 is 5.32 Å². The SMILES string of the molecule is Cc1ccc(CNc2cccnc2-n2ccnc2C)s1. The molecule has 1 N–H and O–H groups in total. The first kappa shape index (κ1) is 12.9. The minimum Gasteiger partial charge on any atom is -0.377 e. The van der Waals surface area contributed by atoms with Crippen LogP contribution in [0.1, 0.15) is 15.6 Å². The van der Waals surface area contributed by atoms with E-state index in [1.165, 1.54) is 9.75 Å². The molecule has 102 valence electrons. The molecule has 0 atom stereocenters. The zero-order valence-corrected chi connectivity index (χ0v) is 12.3. The highest BCUT2D eigenvalue weighted by Crippen LogP contribution is 2.21. The van der Waals surface area contributed by atoms with Crippen LogP contribution in [0.4, 0.5) is 5.69 Å². The molecule has 3 aromatic rings. The first-order valence-electron chi connectivity index (χ1n) is 6.48. The van der Waals surface area contributed by atoms with Gasteiger partial charge in [-0.2, -0.15) is 0 Å². The van der Waals surface area contributed by atoms with E-state index < -0.39 is 0 Å². The van der Waals surface area contributed by atoms with E-state index in [9.17, 15) is 0 Å². The second-order valence-corrected chi connectivity index (χ2v) is 5.96. The van der Waals surface area contributed by atoms with Gasteiger partial charge >= 0.3 is 0 Å². The maximum atomic E-state index is 4.46. The van der Waals surface area contributed by atoms with Crippen LogP contribution in [0.25, 0.3) is 5.82 Å². The number of pyridine rings is 1. The minimum absolute atomic E-state index is 0.810. The summed E-state index contributed by atoms with van der Waals surface area (Å²) in [6.45, 7) is 4.91. The first-order chi connectivity index (χ1) is 9.74. The molecule has 0 saturated carbocycles. The van der Waals surface area contributed by atoms with Gasteiger partial charge < -0.3 is 5.32 Å². The molecule has 0 bridgehead atoms. The van der Waals surface area contributed by atoms with Crippen molar-refractivity contribution in [2.75, 3.05) is 5.32 Å². The van der Waals surface area contributed by atoms with Gasteiger partial charge in [-0.15, -0.1) is 11.3 Å². The molecule has 0 aliphatic heterocycles. The van der Waals surface area contributed by atoms with Crippen molar-refractivity contribution in [3.63, 3.8) is 0 Å². The number of thiophene rings is 1. The number of aromatic nitrogens is 3. The van der Waals surface area contributed by atoms with Gasteiger partial charge in [0.05, 0.1) is 5.69 Å². The standard InChI is InChI=1S/C15H16N4S/c1-11-5-6-13(20-11)10-18-14-4-3-7-17-15(14)19-9-8-16-12(19)2/h3-9,18H,10H2,1-2H3. The van der Waals surface area contributed by atoms with Crippen molar-refractivity contribution in [3.8, 4) is 5.82 Å². The van der Waals surface area contributed by atoms with Crippen molar-refractivity contribution < 1.29 is 0 Å². The van der Waals surface area contributed by atoms with E-state index >= 15 is 0 Å². The van der Waals surface area contributed by atoms with Crippen LogP contribution in [-0.2, 0) is 6.54 Å². The van der Waals surface area contributed by atoms with E-state index in [-0.39, 0.29) is 0 Å². The van der Waals surface area contributed by atoms with Gasteiger partial charge in [-0.05, 0) is 38.1 Å². The van der Waals surface area contributed by atoms with Crippen LogP contribution in [0, 0.1) is 13.8 Å². The highest BCUT2D eigenvalue weighted by Gasteiger charge is 2.08. The van der Waals surface area contributed by atoms with E-state index in [2.05, 4.69) is 34.3 Å². The lowest BCUT2D eigenvalue weighted by atomic mass is 10.3. The second-order valence-electron chi connectivity index (χ2n) is 4.58. The fourth-order valence-corrected chi connectivity index (χ4v) is 2.92. The molecule has 0 fully saturated rings. The fraction of sp³-hybridized carbons (Fsp3) is 0.200. The topological polar surface area (TPSA) is 42.7 Å². The van der Waals surface area contributed by atoms with Gasteiger partial charge in [-0.1, -0.05) is 0 Å². The fourth-order valence-electron chi connectivity index (χ4n) is 2.09. The first-order valence-corrected chi connectivity index (χ1v) is 7.30. The van der Waals surface area contributed by atoms with Crippen LogP contribution in [0.15, 0.2) is 42.9 Å². The molecule has 0 unspecified atom stereocenters. The Kier molecular flexibility index (Phi) is 3.52. The lowest BCUT2D eigenvalue weighted by molar-refractivity contribution is 0.930. The Balaban J connectivity index is 1.85. The zero-order chi connectivity index (χ0) is 13.9. The van der Waals surface area contributed by atoms with Crippen molar-refractivity contribution in [1.82, 2.24) is 14.5 Å². The summed E-state index contributed by atoms with van der Waals surface area (Å²) in [6.07, 6.45) is 5.52. The summed E-state index contributed by atoms with van der Waals surface area (Å²) in [5.74, 6) is 1.81. The number of nitrogens with zero attached hydrogens (tertiary/aromatic N) is 3. The summed E-state index contributed by atoms with van der Waals surface area (Å²) >= 11 is 1.81. The van der Waals surface area contributed by atoms with Crippen molar-refractivity contribution in [3.05, 3.63) is 58.4 Å². The number of hydrogen-bond acceptors (Lipinski definition) is 4. The Labute approximate surface area is 122 Å². The van der Waals surface area contributed by atoms with Gasteiger partial charge in [-0.3, -0.25) is 4.57 Å². The number of anilines is 1.